The molecule has 1 aromatic heterocycles. The van der Waals surface area contributed by atoms with Crippen molar-refractivity contribution in [1.29, 1.82) is 0 Å². The summed E-state index contributed by atoms with van der Waals surface area (Å²) in [6, 6.07) is 7.24. The Kier molecular flexibility index (Phi) is 4.88. The van der Waals surface area contributed by atoms with Gasteiger partial charge >= 0.3 is 6.18 Å². The molecule has 1 atom stereocenters. The summed E-state index contributed by atoms with van der Waals surface area (Å²) >= 11 is 5.90. The molecule has 1 aliphatic heterocycles. The van der Waals surface area contributed by atoms with Gasteiger partial charge in [0.05, 0.1) is 6.61 Å². The van der Waals surface area contributed by atoms with Crippen LogP contribution >= 0.6 is 11.6 Å². The molecule has 2 aromatic rings. The first-order valence-electron chi connectivity index (χ1n) is 7.80. The molecule has 1 aromatic carbocycles. The SMILES string of the molecule is Cc1nc(C(F)(F)F)nc(N2CCO[C@H](c3ccc(Cl)cc3)C2)c1C. The van der Waals surface area contributed by atoms with Crippen LogP contribution in [-0.4, -0.2) is 29.7 Å². The average molecular weight is 372 g/mol. The smallest absolute Gasteiger partial charge is 0.370 e. The number of nitrogens with zero attached hydrogens (tertiary/aromatic N) is 3. The summed E-state index contributed by atoms with van der Waals surface area (Å²) in [6.45, 7) is 4.58. The van der Waals surface area contributed by atoms with E-state index >= 15 is 0 Å². The topological polar surface area (TPSA) is 38.2 Å². The molecule has 134 valence electrons. The Hall–Kier alpha value is -1.86. The molecule has 0 amide bonds. The molecule has 0 bridgehead atoms. The fraction of sp³-hybridized carbons (Fsp3) is 0.412. The summed E-state index contributed by atoms with van der Waals surface area (Å²) in [7, 11) is 0. The normalized spacial score (nSPS) is 18.5. The Morgan fingerprint density at radius 2 is 1.84 bits per heavy atom. The van der Waals surface area contributed by atoms with Crippen LogP contribution in [0.2, 0.25) is 5.02 Å². The molecular weight excluding hydrogens is 355 g/mol. The minimum Gasteiger partial charge on any atom is -0.370 e. The third-order valence-electron chi connectivity index (χ3n) is 4.22. The first kappa shape index (κ1) is 17.9. The van der Waals surface area contributed by atoms with E-state index < -0.39 is 12.0 Å². The number of halogens is 4. The van der Waals surface area contributed by atoms with Gasteiger partial charge in [-0.15, -0.1) is 0 Å². The molecule has 1 aliphatic rings. The van der Waals surface area contributed by atoms with Gasteiger partial charge in [0, 0.05) is 29.4 Å². The lowest BCUT2D eigenvalue weighted by Crippen LogP contribution is -2.39. The molecule has 0 saturated carbocycles. The van der Waals surface area contributed by atoms with E-state index in [1.54, 1.807) is 26.0 Å². The maximum atomic E-state index is 13.0. The van der Waals surface area contributed by atoms with Gasteiger partial charge in [0.2, 0.25) is 5.82 Å². The molecule has 3 rings (SSSR count). The van der Waals surface area contributed by atoms with Gasteiger partial charge < -0.3 is 9.64 Å². The highest BCUT2D eigenvalue weighted by Gasteiger charge is 2.36. The fourth-order valence-electron chi connectivity index (χ4n) is 2.77. The summed E-state index contributed by atoms with van der Waals surface area (Å²) in [5.74, 6) is -0.803. The monoisotopic (exact) mass is 371 g/mol. The molecule has 0 spiro atoms. The van der Waals surface area contributed by atoms with Gasteiger partial charge in [-0.1, -0.05) is 23.7 Å². The molecule has 1 fully saturated rings. The number of hydrogen-bond acceptors (Lipinski definition) is 4. The Bertz CT molecular complexity index is 765. The van der Waals surface area contributed by atoms with Crippen molar-refractivity contribution >= 4 is 17.4 Å². The van der Waals surface area contributed by atoms with Gasteiger partial charge in [0.1, 0.15) is 11.9 Å². The zero-order valence-corrected chi connectivity index (χ0v) is 14.5. The van der Waals surface area contributed by atoms with E-state index in [4.69, 9.17) is 16.3 Å². The van der Waals surface area contributed by atoms with Crippen LogP contribution in [0.25, 0.3) is 0 Å². The van der Waals surface area contributed by atoms with Crippen LogP contribution in [0.3, 0.4) is 0 Å². The van der Waals surface area contributed by atoms with Crippen molar-refractivity contribution in [3.8, 4) is 0 Å². The van der Waals surface area contributed by atoms with Crippen LogP contribution < -0.4 is 4.90 Å². The average Bonchev–Trinajstić information content (AvgIpc) is 2.57. The lowest BCUT2D eigenvalue weighted by atomic mass is 10.1. The highest BCUT2D eigenvalue weighted by Crippen LogP contribution is 2.32. The third kappa shape index (κ3) is 3.88. The Labute approximate surface area is 148 Å². The lowest BCUT2D eigenvalue weighted by molar-refractivity contribution is -0.145. The van der Waals surface area contributed by atoms with Crippen molar-refractivity contribution in [2.45, 2.75) is 26.1 Å². The summed E-state index contributed by atoms with van der Waals surface area (Å²) < 4.78 is 44.9. The second-order valence-corrected chi connectivity index (χ2v) is 6.37. The van der Waals surface area contributed by atoms with Gasteiger partial charge in [0.25, 0.3) is 0 Å². The van der Waals surface area contributed by atoms with Crippen LogP contribution in [0.15, 0.2) is 24.3 Å². The summed E-state index contributed by atoms with van der Waals surface area (Å²) in [4.78, 5) is 9.18. The molecule has 0 unspecified atom stereocenters. The second kappa shape index (κ2) is 6.80. The Morgan fingerprint density at radius 3 is 2.48 bits per heavy atom. The van der Waals surface area contributed by atoms with Crippen molar-refractivity contribution in [3.63, 3.8) is 0 Å². The maximum Gasteiger partial charge on any atom is 0.451 e. The van der Waals surface area contributed by atoms with Gasteiger partial charge in [-0.25, -0.2) is 9.97 Å². The minimum absolute atomic E-state index is 0.255. The van der Waals surface area contributed by atoms with Crippen LogP contribution in [0.1, 0.15) is 28.7 Å². The molecular formula is C17H17ClF3N3O. The molecule has 25 heavy (non-hydrogen) atoms. The van der Waals surface area contributed by atoms with Gasteiger partial charge in [-0.05, 0) is 31.5 Å². The quantitative estimate of drug-likeness (QED) is 0.787. The van der Waals surface area contributed by atoms with E-state index in [9.17, 15) is 13.2 Å². The number of morpholine rings is 1. The molecule has 0 N–H and O–H groups in total. The molecule has 4 nitrogen and oxygen atoms in total. The largest absolute Gasteiger partial charge is 0.451 e. The number of aryl methyl sites for hydroxylation is 1. The van der Waals surface area contributed by atoms with Crippen LogP contribution in [0.5, 0.6) is 0 Å². The highest BCUT2D eigenvalue weighted by molar-refractivity contribution is 6.30. The number of anilines is 1. The Balaban J connectivity index is 1.91. The lowest BCUT2D eigenvalue weighted by Gasteiger charge is -2.35. The summed E-state index contributed by atoms with van der Waals surface area (Å²) in [5.41, 5.74) is 1.89. The van der Waals surface area contributed by atoms with Gasteiger partial charge in [-0.2, -0.15) is 13.2 Å². The number of hydrogen-bond donors (Lipinski definition) is 0. The second-order valence-electron chi connectivity index (χ2n) is 5.94. The van der Waals surface area contributed by atoms with E-state index in [1.165, 1.54) is 0 Å². The molecule has 0 radical (unpaired) electrons. The maximum absolute atomic E-state index is 13.0. The van der Waals surface area contributed by atoms with E-state index in [0.29, 0.717) is 41.8 Å². The number of aromatic nitrogens is 2. The Morgan fingerprint density at radius 1 is 1.16 bits per heavy atom. The van der Waals surface area contributed by atoms with E-state index in [2.05, 4.69) is 9.97 Å². The van der Waals surface area contributed by atoms with E-state index in [0.717, 1.165) is 5.56 Å². The predicted molar refractivity (Wildman–Crippen MR) is 88.9 cm³/mol. The van der Waals surface area contributed by atoms with Crippen molar-refractivity contribution in [3.05, 3.63) is 51.9 Å². The number of ether oxygens (including phenoxy) is 1. The van der Waals surface area contributed by atoms with Crippen LogP contribution in [0.4, 0.5) is 19.0 Å². The molecule has 0 aliphatic carbocycles. The zero-order chi connectivity index (χ0) is 18.2. The fourth-order valence-corrected chi connectivity index (χ4v) is 2.90. The van der Waals surface area contributed by atoms with E-state index in [-0.39, 0.29) is 6.10 Å². The minimum atomic E-state index is -4.57. The predicted octanol–water partition coefficient (Wildman–Crippen LogP) is 4.34. The molecule has 2 heterocycles. The number of rotatable bonds is 2. The number of alkyl halides is 3. The first-order valence-corrected chi connectivity index (χ1v) is 8.18. The van der Waals surface area contributed by atoms with Crippen molar-refractivity contribution < 1.29 is 17.9 Å². The third-order valence-corrected chi connectivity index (χ3v) is 4.48. The first-order chi connectivity index (χ1) is 11.8. The van der Waals surface area contributed by atoms with Crippen molar-refractivity contribution in [2.75, 3.05) is 24.6 Å². The van der Waals surface area contributed by atoms with E-state index in [1.807, 2.05) is 17.0 Å². The standard InChI is InChI=1S/C17H17ClF3N3O/c1-10-11(2)22-16(17(19,20)21)23-15(10)24-7-8-25-14(9-24)12-3-5-13(18)6-4-12/h3-6,14H,7-9H2,1-2H3/t14-/m0/s1. The van der Waals surface area contributed by atoms with Crippen LogP contribution in [-0.2, 0) is 10.9 Å². The van der Waals surface area contributed by atoms with Crippen LogP contribution in [0, 0.1) is 13.8 Å². The zero-order valence-electron chi connectivity index (χ0n) is 13.8. The number of benzene rings is 1. The van der Waals surface area contributed by atoms with Gasteiger partial charge in [-0.3, -0.25) is 0 Å². The summed E-state index contributed by atoms with van der Waals surface area (Å²) in [5, 5.41) is 0.619. The van der Waals surface area contributed by atoms with Crippen molar-refractivity contribution in [1.82, 2.24) is 9.97 Å². The highest BCUT2D eigenvalue weighted by atomic mass is 35.5. The molecule has 1 saturated heterocycles. The van der Waals surface area contributed by atoms with Crippen molar-refractivity contribution in [2.24, 2.45) is 0 Å². The molecule has 8 heteroatoms. The summed E-state index contributed by atoms with van der Waals surface area (Å²) in [6.07, 6.45) is -4.83. The van der Waals surface area contributed by atoms with Gasteiger partial charge in [0.15, 0.2) is 0 Å².